The van der Waals surface area contributed by atoms with Crippen molar-refractivity contribution >= 4 is 43.6 Å². The van der Waals surface area contributed by atoms with Crippen molar-refractivity contribution in [1.82, 2.24) is 9.55 Å². The number of hydrogen-bond donors (Lipinski definition) is 1. The number of para-hydroxylation sites is 2. The molecule has 0 fully saturated rings. The number of nitrogens with zero attached hydrogens (tertiary/aromatic N) is 1. The van der Waals surface area contributed by atoms with Gasteiger partial charge in [0.15, 0.2) is 5.43 Å². The van der Waals surface area contributed by atoms with Gasteiger partial charge < -0.3 is 9.55 Å². The Morgan fingerprint density at radius 2 is 1.48 bits per heavy atom. The lowest BCUT2D eigenvalue weighted by atomic mass is 10.1. The summed E-state index contributed by atoms with van der Waals surface area (Å²) in [5.74, 6) is 0. The van der Waals surface area contributed by atoms with Gasteiger partial charge in [-0.3, -0.25) is 4.79 Å². The lowest BCUT2D eigenvalue weighted by Gasteiger charge is -2.10. The van der Waals surface area contributed by atoms with Gasteiger partial charge in [-0.1, -0.05) is 30.3 Å². The molecule has 2 aromatic heterocycles. The number of aromatic amines is 1. The maximum absolute atomic E-state index is 12.9. The fraction of sp³-hybridized carbons (Fsp3) is 0.0500. The first kappa shape index (κ1) is 12.5. The van der Waals surface area contributed by atoms with E-state index in [4.69, 9.17) is 0 Å². The van der Waals surface area contributed by atoms with E-state index in [2.05, 4.69) is 27.8 Å². The van der Waals surface area contributed by atoms with Crippen molar-refractivity contribution < 1.29 is 0 Å². The zero-order valence-corrected chi connectivity index (χ0v) is 12.6. The van der Waals surface area contributed by atoms with Crippen molar-refractivity contribution in [2.75, 3.05) is 0 Å². The van der Waals surface area contributed by atoms with Gasteiger partial charge in [0.25, 0.3) is 0 Å². The largest absolute Gasteiger partial charge is 0.354 e. The Bertz CT molecular complexity index is 1290. The quantitative estimate of drug-likeness (QED) is 0.425. The SMILES string of the molecule is Cn1c2ccccc2c(=O)c2cc3c(cc21)[nH]c1ccccc13. The summed E-state index contributed by atoms with van der Waals surface area (Å²) in [4.78, 5) is 16.4. The number of aromatic nitrogens is 2. The molecule has 0 spiro atoms. The van der Waals surface area contributed by atoms with E-state index >= 15 is 0 Å². The van der Waals surface area contributed by atoms with Gasteiger partial charge in [0.1, 0.15) is 0 Å². The van der Waals surface area contributed by atoms with Gasteiger partial charge in [-0.05, 0) is 30.3 Å². The monoisotopic (exact) mass is 298 g/mol. The zero-order valence-electron chi connectivity index (χ0n) is 12.6. The Hall–Kier alpha value is -3.07. The third kappa shape index (κ3) is 1.56. The summed E-state index contributed by atoms with van der Waals surface area (Å²) in [5.41, 5.74) is 4.16. The molecule has 0 aliphatic heterocycles. The van der Waals surface area contributed by atoms with E-state index in [1.165, 1.54) is 0 Å². The van der Waals surface area contributed by atoms with Gasteiger partial charge in [-0.25, -0.2) is 0 Å². The number of H-pyrrole nitrogens is 1. The number of aryl methyl sites for hydroxylation is 1. The van der Waals surface area contributed by atoms with E-state index in [1.807, 2.05) is 49.5 Å². The Balaban J connectivity index is 2.09. The highest BCUT2D eigenvalue weighted by Crippen LogP contribution is 2.29. The van der Waals surface area contributed by atoms with E-state index in [0.29, 0.717) is 0 Å². The molecule has 1 N–H and O–H groups in total. The molecule has 5 rings (SSSR count). The minimum Gasteiger partial charge on any atom is -0.354 e. The van der Waals surface area contributed by atoms with Crippen LogP contribution in [-0.2, 0) is 7.05 Å². The molecule has 0 bridgehead atoms. The molecule has 23 heavy (non-hydrogen) atoms. The van der Waals surface area contributed by atoms with Crippen LogP contribution in [-0.4, -0.2) is 9.55 Å². The molecule has 0 saturated heterocycles. The number of pyridine rings is 1. The molecule has 3 nitrogen and oxygen atoms in total. The minimum atomic E-state index is 0.0980. The van der Waals surface area contributed by atoms with Gasteiger partial charge in [0, 0.05) is 39.6 Å². The first-order valence-corrected chi connectivity index (χ1v) is 7.66. The fourth-order valence-corrected chi connectivity index (χ4v) is 3.58. The molecular weight excluding hydrogens is 284 g/mol. The third-order valence-corrected chi connectivity index (χ3v) is 4.74. The molecule has 3 aromatic carbocycles. The average molecular weight is 298 g/mol. The lowest BCUT2D eigenvalue weighted by Crippen LogP contribution is -2.08. The second kappa shape index (κ2) is 4.23. The molecule has 0 unspecified atom stereocenters. The predicted octanol–water partition coefficient (Wildman–Crippen LogP) is 4.33. The molecule has 2 heterocycles. The van der Waals surface area contributed by atoms with Crippen molar-refractivity contribution in [2.45, 2.75) is 0 Å². The molecule has 0 atom stereocenters. The van der Waals surface area contributed by atoms with Crippen molar-refractivity contribution in [3.63, 3.8) is 0 Å². The van der Waals surface area contributed by atoms with Crippen LogP contribution in [0.1, 0.15) is 0 Å². The summed E-state index contributed by atoms with van der Waals surface area (Å²) in [6, 6.07) is 20.1. The van der Waals surface area contributed by atoms with Gasteiger partial charge >= 0.3 is 0 Å². The number of rotatable bonds is 0. The normalized spacial score (nSPS) is 11.9. The molecule has 5 aromatic rings. The Kier molecular flexibility index (Phi) is 2.29. The number of hydrogen-bond acceptors (Lipinski definition) is 1. The van der Waals surface area contributed by atoms with E-state index in [-0.39, 0.29) is 5.43 Å². The van der Waals surface area contributed by atoms with Crippen LogP contribution in [0.2, 0.25) is 0 Å². The highest BCUT2D eigenvalue weighted by Gasteiger charge is 2.11. The summed E-state index contributed by atoms with van der Waals surface area (Å²) < 4.78 is 2.09. The van der Waals surface area contributed by atoms with Crippen LogP contribution in [0.5, 0.6) is 0 Å². The lowest BCUT2D eigenvalue weighted by molar-refractivity contribution is 1.00. The molecular formula is C20H14N2O. The molecule has 0 aliphatic rings. The highest BCUT2D eigenvalue weighted by atomic mass is 16.1. The molecule has 0 radical (unpaired) electrons. The summed E-state index contributed by atoms with van der Waals surface area (Å²) in [6.45, 7) is 0. The molecule has 0 saturated carbocycles. The van der Waals surface area contributed by atoms with Crippen molar-refractivity contribution in [1.29, 1.82) is 0 Å². The first-order chi connectivity index (χ1) is 11.2. The van der Waals surface area contributed by atoms with E-state index < -0.39 is 0 Å². The van der Waals surface area contributed by atoms with Crippen LogP contribution >= 0.6 is 0 Å². The van der Waals surface area contributed by atoms with E-state index in [1.54, 1.807) is 0 Å². The van der Waals surface area contributed by atoms with Gasteiger partial charge in [-0.15, -0.1) is 0 Å². The van der Waals surface area contributed by atoms with Crippen LogP contribution in [0.3, 0.4) is 0 Å². The minimum absolute atomic E-state index is 0.0980. The van der Waals surface area contributed by atoms with Crippen LogP contribution < -0.4 is 5.43 Å². The van der Waals surface area contributed by atoms with Crippen LogP contribution in [0, 0.1) is 0 Å². The fourth-order valence-electron chi connectivity index (χ4n) is 3.58. The van der Waals surface area contributed by atoms with Crippen LogP contribution in [0.25, 0.3) is 43.6 Å². The average Bonchev–Trinajstić information content (AvgIpc) is 2.96. The summed E-state index contributed by atoms with van der Waals surface area (Å²) >= 11 is 0. The van der Waals surface area contributed by atoms with Crippen molar-refractivity contribution in [3.8, 4) is 0 Å². The summed E-state index contributed by atoms with van der Waals surface area (Å²) in [5, 5.41) is 3.78. The van der Waals surface area contributed by atoms with Crippen molar-refractivity contribution in [3.05, 3.63) is 70.9 Å². The smallest absolute Gasteiger partial charge is 0.197 e. The second-order valence-corrected chi connectivity index (χ2v) is 5.99. The van der Waals surface area contributed by atoms with Gasteiger partial charge in [0.05, 0.1) is 11.0 Å². The topological polar surface area (TPSA) is 37.8 Å². The Morgan fingerprint density at radius 3 is 2.35 bits per heavy atom. The first-order valence-electron chi connectivity index (χ1n) is 7.66. The predicted molar refractivity (Wildman–Crippen MR) is 96.1 cm³/mol. The van der Waals surface area contributed by atoms with E-state index in [9.17, 15) is 4.79 Å². The molecule has 3 heteroatoms. The number of nitrogens with one attached hydrogen (secondary N) is 1. The number of fused-ring (bicyclic) bond motifs is 5. The summed E-state index contributed by atoms with van der Waals surface area (Å²) in [6.07, 6.45) is 0. The molecule has 0 aliphatic carbocycles. The zero-order chi connectivity index (χ0) is 15.6. The standard InChI is InChI=1S/C20H14N2O/c1-22-18-9-5-3-7-13(18)20(23)15-10-14-12-6-2-4-8-16(12)21-17(14)11-19(15)22/h2-11,21H,1H3. The number of benzene rings is 3. The van der Waals surface area contributed by atoms with Crippen LogP contribution in [0.15, 0.2) is 65.5 Å². The Labute approximate surface area is 131 Å². The Morgan fingerprint density at radius 1 is 0.739 bits per heavy atom. The van der Waals surface area contributed by atoms with Crippen LogP contribution in [0.4, 0.5) is 0 Å². The van der Waals surface area contributed by atoms with Gasteiger partial charge in [-0.2, -0.15) is 0 Å². The van der Waals surface area contributed by atoms with Gasteiger partial charge in [0.2, 0.25) is 0 Å². The van der Waals surface area contributed by atoms with Crippen molar-refractivity contribution in [2.24, 2.45) is 7.05 Å². The highest BCUT2D eigenvalue weighted by molar-refractivity contribution is 6.12. The second-order valence-electron chi connectivity index (χ2n) is 5.99. The maximum Gasteiger partial charge on any atom is 0.197 e. The summed E-state index contributed by atoms with van der Waals surface area (Å²) in [7, 11) is 2.01. The maximum atomic E-state index is 12.9. The molecule has 0 amide bonds. The third-order valence-electron chi connectivity index (χ3n) is 4.74. The van der Waals surface area contributed by atoms with E-state index in [0.717, 1.165) is 43.6 Å². The molecule has 110 valence electrons.